The van der Waals surface area contributed by atoms with Crippen LogP contribution in [0.15, 0.2) is 17.2 Å². The largest absolute Gasteiger partial charge is 0.360 e. The lowest BCUT2D eigenvalue weighted by Crippen LogP contribution is -2.25. The van der Waals surface area contributed by atoms with Gasteiger partial charge in [0.15, 0.2) is 5.76 Å². The first kappa shape index (κ1) is 12.5. The maximum atomic E-state index is 11.9. The van der Waals surface area contributed by atoms with Crippen molar-refractivity contribution in [2.24, 2.45) is 0 Å². The molecule has 0 radical (unpaired) electrons. The van der Waals surface area contributed by atoms with E-state index in [0.717, 1.165) is 6.42 Å². The second-order valence-corrected chi connectivity index (χ2v) is 4.00. The number of nitrogens with one attached hydrogen (secondary N) is 1. The van der Waals surface area contributed by atoms with E-state index in [1.807, 2.05) is 13.8 Å². The van der Waals surface area contributed by atoms with E-state index < -0.39 is 0 Å². The third kappa shape index (κ3) is 2.72. The number of hydrogen-bond donors (Lipinski definition) is 1. The van der Waals surface area contributed by atoms with E-state index in [-0.39, 0.29) is 11.8 Å². The van der Waals surface area contributed by atoms with Crippen LogP contribution in [-0.2, 0) is 0 Å². The van der Waals surface area contributed by atoms with Gasteiger partial charge in [0, 0.05) is 12.5 Å². The first-order valence-electron chi connectivity index (χ1n) is 5.43. The molecule has 1 N–H and O–H groups in total. The maximum Gasteiger partial charge on any atom is 0.256 e. The van der Waals surface area contributed by atoms with Crippen molar-refractivity contribution in [2.75, 3.05) is 6.54 Å². The van der Waals surface area contributed by atoms with Crippen molar-refractivity contribution in [3.63, 3.8) is 0 Å². The van der Waals surface area contributed by atoms with Gasteiger partial charge in [-0.25, -0.2) is 0 Å². The second kappa shape index (κ2) is 5.49. The Kier molecular flexibility index (Phi) is 4.28. The van der Waals surface area contributed by atoms with E-state index in [1.54, 1.807) is 13.0 Å². The van der Waals surface area contributed by atoms with Gasteiger partial charge in [0.25, 0.3) is 5.91 Å². The van der Waals surface area contributed by atoms with Gasteiger partial charge in [-0.05, 0) is 13.3 Å². The minimum atomic E-state index is -0.121. The molecule has 0 spiro atoms. The van der Waals surface area contributed by atoms with E-state index >= 15 is 0 Å². The normalized spacial score (nSPS) is 10.5. The first-order chi connectivity index (χ1) is 7.57. The summed E-state index contributed by atoms with van der Waals surface area (Å²) in [6, 6.07) is 0. The van der Waals surface area contributed by atoms with Crippen LogP contribution in [0.25, 0.3) is 0 Å². The number of aromatic nitrogens is 1. The van der Waals surface area contributed by atoms with Crippen LogP contribution in [0.4, 0.5) is 0 Å². The van der Waals surface area contributed by atoms with Crippen LogP contribution in [0.5, 0.6) is 0 Å². The van der Waals surface area contributed by atoms with Crippen LogP contribution in [0.2, 0.25) is 0 Å². The summed E-state index contributed by atoms with van der Waals surface area (Å²) in [7, 11) is 0. The van der Waals surface area contributed by atoms with Crippen molar-refractivity contribution in [2.45, 2.75) is 33.1 Å². The molecule has 0 aliphatic heterocycles. The molecule has 16 heavy (non-hydrogen) atoms. The first-order valence-corrected chi connectivity index (χ1v) is 5.43. The lowest BCUT2D eigenvalue weighted by molar-refractivity contribution is 0.0951. The van der Waals surface area contributed by atoms with Crippen molar-refractivity contribution in [1.29, 1.82) is 0 Å². The molecule has 0 aliphatic rings. The van der Waals surface area contributed by atoms with Gasteiger partial charge in [0.05, 0.1) is 5.69 Å². The Balaban J connectivity index is 2.81. The number of carbonyl (C=O) groups excluding carboxylic acids is 1. The Labute approximate surface area is 95.7 Å². The average Bonchev–Trinajstić information content (AvgIpc) is 2.60. The molecular formula is C12H18N2O2. The fraction of sp³-hybridized carbons (Fsp3) is 0.500. The minimum absolute atomic E-state index is 0.121. The van der Waals surface area contributed by atoms with Crippen molar-refractivity contribution >= 4 is 5.91 Å². The highest BCUT2D eigenvalue weighted by Crippen LogP contribution is 2.21. The highest BCUT2D eigenvalue weighted by Gasteiger charge is 2.21. The zero-order valence-corrected chi connectivity index (χ0v) is 10.0. The standard InChI is InChI=1S/C12H18N2O2/c1-5-6-7-13-12(15)10-9(4)14-16-11(10)8(2)3/h5,8H,1,6-7H2,2-4H3,(H,13,15). The predicted molar refractivity (Wildman–Crippen MR) is 62.5 cm³/mol. The molecule has 1 amide bonds. The Morgan fingerprint density at radius 1 is 1.62 bits per heavy atom. The number of amides is 1. The molecule has 0 unspecified atom stereocenters. The van der Waals surface area contributed by atoms with Crippen LogP contribution in [-0.4, -0.2) is 17.6 Å². The molecule has 0 saturated heterocycles. The van der Waals surface area contributed by atoms with E-state index in [2.05, 4.69) is 17.1 Å². The summed E-state index contributed by atoms with van der Waals surface area (Å²) in [5, 5.41) is 6.64. The zero-order chi connectivity index (χ0) is 12.1. The molecule has 1 heterocycles. The van der Waals surface area contributed by atoms with E-state index in [9.17, 15) is 4.79 Å². The summed E-state index contributed by atoms with van der Waals surface area (Å²) in [4.78, 5) is 11.9. The van der Waals surface area contributed by atoms with Crippen LogP contribution >= 0.6 is 0 Å². The van der Waals surface area contributed by atoms with Gasteiger partial charge in [-0.1, -0.05) is 25.1 Å². The van der Waals surface area contributed by atoms with Crippen molar-refractivity contribution in [3.8, 4) is 0 Å². The van der Waals surface area contributed by atoms with Gasteiger partial charge in [0.1, 0.15) is 5.56 Å². The summed E-state index contributed by atoms with van der Waals surface area (Å²) in [6.45, 7) is 9.91. The second-order valence-electron chi connectivity index (χ2n) is 4.00. The molecule has 1 aromatic heterocycles. The van der Waals surface area contributed by atoms with Crippen molar-refractivity contribution in [1.82, 2.24) is 10.5 Å². The molecule has 1 rings (SSSR count). The van der Waals surface area contributed by atoms with Crippen LogP contribution in [0.3, 0.4) is 0 Å². The summed E-state index contributed by atoms with van der Waals surface area (Å²) in [5.41, 5.74) is 1.21. The highest BCUT2D eigenvalue weighted by molar-refractivity contribution is 5.96. The van der Waals surface area contributed by atoms with E-state index in [0.29, 0.717) is 23.6 Å². The SMILES string of the molecule is C=CCCNC(=O)c1c(C)noc1C(C)C. The lowest BCUT2D eigenvalue weighted by atomic mass is 10.0. The van der Waals surface area contributed by atoms with Crippen LogP contribution in [0.1, 0.15) is 48.0 Å². The summed E-state index contributed by atoms with van der Waals surface area (Å²) in [6.07, 6.45) is 2.52. The van der Waals surface area contributed by atoms with Crippen molar-refractivity contribution < 1.29 is 9.32 Å². The third-order valence-electron chi connectivity index (χ3n) is 2.27. The molecule has 1 aromatic rings. The lowest BCUT2D eigenvalue weighted by Gasteiger charge is -2.05. The molecule has 0 aromatic carbocycles. The van der Waals surface area contributed by atoms with Gasteiger partial charge >= 0.3 is 0 Å². The quantitative estimate of drug-likeness (QED) is 0.615. The van der Waals surface area contributed by atoms with Gasteiger partial charge < -0.3 is 9.84 Å². The monoisotopic (exact) mass is 222 g/mol. The van der Waals surface area contributed by atoms with E-state index in [4.69, 9.17) is 4.52 Å². The summed E-state index contributed by atoms with van der Waals surface area (Å²) < 4.78 is 5.15. The molecule has 4 nitrogen and oxygen atoms in total. The third-order valence-corrected chi connectivity index (χ3v) is 2.27. The van der Waals surface area contributed by atoms with Gasteiger partial charge in [-0.2, -0.15) is 0 Å². The Bertz CT molecular complexity index is 380. The molecule has 4 heteroatoms. The highest BCUT2D eigenvalue weighted by atomic mass is 16.5. The summed E-state index contributed by atoms with van der Waals surface area (Å²) >= 11 is 0. The fourth-order valence-corrected chi connectivity index (χ4v) is 1.43. The number of carbonyl (C=O) groups is 1. The average molecular weight is 222 g/mol. The summed E-state index contributed by atoms with van der Waals surface area (Å²) in [5.74, 6) is 0.680. The molecule has 0 atom stereocenters. The molecular weight excluding hydrogens is 204 g/mol. The Morgan fingerprint density at radius 2 is 2.31 bits per heavy atom. The number of aryl methyl sites for hydroxylation is 1. The number of rotatable bonds is 5. The molecule has 0 aliphatic carbocycles. The topological polar surface area (TPSA) is 55.1 Å². The minimum Gasteiger partial charge on any atom is -0.360 e. The van der Waals surface area contributed by atoms with Gasteiger partial charge in [-0.15, -0.1) is 6.58 Å². The Hall–Kier alpha value is -1.58. The van der Waals surface area contributed by atoms with E-state index in [1.165, 1.54) is 0 Å². The Morgan fingerprint density at radius 3 is 2.88 bits per heavy atom. The zero-order valence-electron chi connectivity index (χ0n) is 10.0. The molecule has 0 fully saturated rings. The maximum absolute atomic E-state index is 11.9. The predicted octanol–water partition coefficient (Wildman–Crippen LogP) is 2.41. The molecule has 0 saturated carbocycles. The van der Waals surface area contributed by atoms with Crippen molar-refractivity contribution in [3.05, 3.63) is 29.7 Å². The van der Waals surface area contributed by atoms with Gasteiger partial charge in [0.2, 0.25) is 0 Å². The molecule has 0 bridgehead atoms. The number of hydrogen-bond acceptors (Lipinski definition) is 3. The van der Waals surface area contributed by atoms with Crippen LogP contribution < -0.4 is 5.32 Å². The smallest absolute Gasteiger partial charge is 0.256 e. The van der Waals surface area contributed by atoms with Crippen LogP contribution in [0, 0.1) is 6.92 Å². The number of nitrogens with zero attached hydrogens (tertiary/aromatic N) is 1. The molecule has 88 valence electrons. The van der Waals surface area contributed by atoms with Gasteiger partial charge in [-0.3, -0.25) is 4.79 Å². The fourth-order valence-electron chi connectivity index (χ4n) is 1.43.